The van der Waals surface area contributed by atoms with Crippen LogP contribution >= 0.6 is 0 Å². The first-order chi connectivity index (χ1) is 10.6. The van der Waals surface area contributed by atoms with E-state index < -0.39 is 0 Å². The lowest BCUT2D eigenvalue weighted by Gasteiger charge is -2.33. The number of amides is 2. The zero-order chi connectivity index (χ0) is 15.9. The van der Waals surface area contributed by atoms with Gasteiger partial charge in [0.2, 0.25) is 5.91 Å². The summed E-state index contributed by atoms with van der Waals surface area (Å²) in [6.45, 7) is 7.61. The van der Waals surface area contributed by atoms with Gasteiger partial charge in [-0.1, -0.05) is 6.07 Å². The molecule has 0 bridgehead atoms. The minimum Gasteiger partial charge on any atom is -0.352 e. The van der Waals surface area contributed by atoms with Crippen LogP contribution in [0.1, 0.15) is 24.2 Å². The molecule has 2 amide bonds. The van der Waals surface area contributed by atoms with Crippen molar-refractivity contribution in [3.63, 3.8) is 0 Å². The molecule has 6 heteroatoms. The van der Waals surface area contributed by atoms with Crippen LogP contribution in [0.4, 0.5) is 5.69 Å². The van der Waals surface area contributed by atoms with E-state index in [-0.39, 0.29) is 11.8 Å². The zero-order valence-corrected chi connectivity index (χ0v) is 13.2. The number of nitrogens with one attached hydrogen (secondary N) is 3. The lowest BCUT2D eigenvalue weighted by Crippen LogP contribution is -2.51. The van der Waals surface area contributed by atoms with E-state index in [0.29, 0.717) is 30.4 Å². The predicted molar refractivity (Wildman–Crippen MR) is 87.0 cm³/mol. The van der Waals surface area contributed by atoms with Gasteiger partial charge in [0.1, 0.15) is 0 Å². The lowest BCUT2D eigenvalue weighted by molar-refractivity contribution is -0.118. The molecule has 2 rings (SSSR count). The molecular formula is C16H24N4O2. The first-order valence-corrected chi connectivity index (χ1v) is 7.73. The van der Waals surface area contributed by atoms with Gasteiger partial charge in [-0.25, -0.2) is 0 Å². The van der Waals surface area contributed by atoms with Crippen LogP contribution in [0.15, 0.2) is 24.3 Å². The molecule has 0 spiro atoms. The Balaban J connectivity index is 1.93. The number of anilines is 1. The molecule has 1 heterocycles. The second-order valence-electron chi connectivity index (χ2n) is 5.51. The average molecular weight is 304 g/mol. The van der Waals surface area contributed by atoms with Gasteiger partial charge in [-0.2, -0.15) is 0 Å². The van der Waals surface area contributed by atoms with E-state index in [9.17, 15) is 9.59 Å². The first-order valence-electron chi connectivity index (χ1n) is 7.73. The van der Waals surface area contributed by atoms with Gasteiger partial charge < -0.3 is 16.0 Å². The smallest absolute Gasteiger partial charge is 0.251 e. The maximum Gasteiger partial charge on any atom is 0.251 e. The van der Waals surface area contributed by atoms with Gasteiger partial charge in [-0.3, -0.25) is 14.5 Å². The average Bonchev–Trinajstić information content (AvgIpc) is 2.50. The summed E-state index contributed by atoms with van der Waals surface area (Å²) in [5.41, 5.74) is 1.20. The summed E-state index contributed by atoms with van der Waals surface area (Å²) in [6, 6.07) is 7.35. The Hall–Kier alpha value is -1.92. The minimum absolute atomic E-state index is 0.0539. The molecule has 1 saturated heterocycles. The minimum atomic E-state index is -0.130. The van der Waals surface area contributed by atoms with Gasteiger partial charge in [0.15, 0.2) is 0 Å². The van der Waals surface area contributed by atoms with E-state index in [1.54, 1.807) is 24.3 Å². The van der Waals surface area contributed by atoms with Crippen LogP contribution < -0.4 is 16.0 Å². The summed E-state index contributed by atoms with van der Waals surface area (Å²) >= 11 is 0. The van der Waals surface area contributed by atoms with Crippen molar-refractivity contribution in [2.75, 3.05) is 38.0 Å². The van der Waals surface area contributed by atoms with Gasteiger partial charge in [0, 0.05) is 43.5 Å². The molecular weight excluding hydrogens is 280 g/mol. The molecule has 0 aliphatic carbocycles. The van der Waals surface area contributed by atoms with Crippen LogP contribution in [0.25, 0.3) is 0 Å². The summed E-state index contributed by atoms with van der Waals surface area (Å²) in [6.07, 6.45) is 0. The van der Waals surface area contributed by atoms with Crippen molar-refractivity contribution < 1.29 is 9.59 Å². The van der Waals surface area contributed by atoms with Gasteiger partial charge >= 0.3 is 0 Å². The molecule has 1 aliphatic heterocycles. The van der Waals surface area contributed by atoms with Crippen LogP contribution in [0, 0.1) is 0 Å². The highest BCUT2D eigenvalue weighted by atomic mass is 16.2. The lowest BCUT2D eigenvalue weighted by atomic mass is 10.2. The Morgan fingerprint density at radius 1 is 1.41 bits per heavy atom. The summed E-state index contributed by atoms with van der Waals surface area (Å²) in [4.78, 5) is 26.1. The second kappa shape index (κ2) is 7.91. The molecule has 0 radical (unpaired) electrons. The first kappa shape index (κ1) is 16.5. The van der Waals surface area contributed by atoms with Crippen molar-refractivity contribution in [1.82, 2.24) is 15.5 Å². The van der Waals surface area contributed by atoms with Gasteiger partial charge in [0.25, 0.3) is 5.91 Å². The highest BCUT2D eigenvalue weighted by molar-refractivity contribution is 5.97. The number of rotatable bonds is 5. The van der Waals surface area contributed by atoms with Crippen LogP contribution in [-0.4, -0.2) is 55.5 Å². The quantitative estimate of drug-likeness (QED) is 0.747. The highest BCUT2D eigenvalue weighted by Gasteiger charge is 2.20. The molecule has 3 N–H and O–H groups in total. The van der Waals surface area contributed by atoms with Crippen LogP contribution in [0.5, 0.6) is 0 Å². The zero-order valence-electron chi connectivity index (χ0n) is 13.2. The fourth-order valence-electron chi connectivity index (χ4n) is 2.50. The molecule has 1 aromatic rings. The Bertz CT molecular complexity index is 533. The number of hydrogen-bond donors (Lipinski definition) is 3. The van der Waals surface area contributed by atoms with Gasteiger partial charge in [-0.15, -0.1) is 0 Å². The SMILES string of the molecule is CCNC(=O)c1cccc(NC(=O)CN2CCNC[C@H]2C)c1. The van der Waals surface area contributed by atoms with Crippen LogP contribution in [-0.2, 0) is 4.79 Å². The van der Waals surface area contributed by atoms with Gasteiger partial charge in [0.05, 0.1) is 6.54 Å². The monoisotopic (exact) mass is 304 g/mol. The summed E-state index contributed by atoms with van der Waals surface area (Å²) in [7, 11) is 0. The fraction of sp³-hybridized carbons (Fsp3) is 0.500. The number of hydrogen-bond acceptors (Lipinski definition) is 4. The predicted octanol–water partition coefficient (Wildman–Crippen LogP) is 0.669. The topological polar surface area (TPSA) is 73.5 Å². The summed E-state index contributed by atoms with van der Waals surface area (Å²) in [5, 5.41) is 8.91. The van der Waals surface area contributed by atoms with Crippen molar-refractivity contribution in [1.29, 1.82) is 0 Å². The molecule has 1 aromatic carbocycles. The van der Waals surface area contributed by atoms with E-state index in [1.165, 1.54) is 0 Å². The number of carbonyl (C=O) groups excluding carboxylic acids is 2. The normalized spacial score (nSPS) is 18.7. The molecule has 6 nitrogen and oxygen atoms in total. The Kier molecular flexibility index (Phi) is 5.91. The maximum absolute atomic E-state index is 12.2. The standard InChI is InChI=1S/C16H24N4O2/c1-3-18-16(22)13-5-4-6-14(9-13)19-15(21)11-20-8-7-17-10-12(20)2/h4-6,9,12,17H,3,7-8,10-11H2,1-2H3,(H,18,22)(H,19,21)/t12-/m1/s1. The van der Waals surface area contributed by atoms with E-state index in [0.717, 1.165) is 19.6 Å². The summed E-state index contributed by atoms with van der Waals surface area (Å²) in [5.74, 6) is -0.184. The molecule has 0 saturated carbocycles. The van der Waals surface area contributed by atoms with Crippen molar-refractivity contribution in [2.45, 2.75) is 19.9 Å². The number of nitrogens with zero attached hydrogens (tertiary/aromatic N) is 1. The van der Waals surface area contributed by atoms with Crippen molar-refractivity contribution >= 4 is 17.5 Å². The highest BCUT2D eigenvalue weighted by Crippen LogP contribution is 2.11. The fourth-order valence-corrected chi connectivity index (χ4v) is 2.50. The van der Waals surface area contributed by atoms with Crippen molar-refractivity contribution in [3.8, 4) is 0 Å². The number of benzene rings is 1. The third kappa shape index (κ3) is 4.54. The third-order valence-corrected chi connectivity index (χ3v) is 3.73. The largest absolute Gasteiger partial charge is 0.352 e. The molecule has 1 atom stereocenters. The number of carbonyl (C=O) groups is 2. The third-order valence-electron chi connectivity index (χ3n) is 3.73. The number of piperazine rings is 1. The molecule has 22 heavy (non-hydrogen) atoms. The van der Waals surface area contributed by atoms with E-state index in [2.05, 4.69) is 27.8 Å². The van der Waals surface area contributed by atoms with Crippen molar-refractivity contribution in [3.05, 3.63) is 29.8 Å². The van der Waals surface area contributed by atoms with Crippen LogP contribution in [0.3, 0.4) is 0 Å². The van der Waals surface area contributed by atoms with Crippen LogP contribution in [0.2, 0.25) is 0 Å². The second-order valence-corrected chi connectivity index (χ2v) is 5.51. The molecule has 0 unspecified atom stereocenters. The Morgan fingerprint density at radius 2 is 2.23 bits per heavy atom. The Morgan fingerprint density at radius 3 is 2.95 bits per heavy atom. The van der Waals surface area contributed by atoms with E-state index >= 15 is 0 Å². The van der Waals surface area contributed by atoms with Gasteiger partial charge in [-0.05, 0) is 32.0 Å². The molecule has 120 valence electrons. The maximum atomic E-state index is 12.2. The molecule has 1 aliphatic rings. The van der Waals surface area contributed by atoms with E-state index in [1.807, 2.05) is 6.92 Å². The van der Waals surface area contributed by atoms with E-state index in [4.69, 9.17) is 0 Å². The summed E-state index contributed by atoms with van der Waals surface area (Å²) < 4.78 is 0. The Labute approximate surface area is 131 Å². The molecule has 1 fully saturated rings. The van der Waals surface area contributed by atoms with Crippen molar-refractivity contribution in [2.24, 2.45) is 0 Å². The molecule has 0 aromatic heterocycles.